The third-order valence-corrected chi connectivity index (χ3v) is 9.81. The van der Waals surface area contributed by atoms with Crippen molar-refractivity contribution in [2.24, 2.45) is 10.3 Å². The highest BCUT2D eigenvalue weighted by atomic mass is 35.5. The number of fused-ring (bicyclic) bond motifs is 2. The van der Waals surface area contributed by atoms with Crippen molar-refractivity contribution in [3.05, 3.63) is 128 Å². The Hall–Kier alpha value is -3.86. The molecule has 0 bridgehead atoms. The zero-order chi connectivity index (χ0) is 32.2. The number of sulfonamides is 2. The quantitative estimate of drug-likeness (QED) is 0.187. The van der Waals surface area contributed by atoms with E-state index in [4.69, 9.17) is 33.5 Å². The van der Waals surface area contributed by atoms with E-state index in [1.165, 1.54) is 24.3 Å². The van der Waals surface area contributed by atoms with Crippen LogP contribution in [0.2, 0.25) is 10.0 Å². The molecule has 0 fully saturated rings. The van der Waals surface area contributed by atoms with E-state index in [2.05, 4.69) is 10.6 Å². The fraction of sp³-hybridized carbons (Fsp3) is 0.0714. The van der Waals surface area contributed by atoms with E-state index in [-0.39, 0.29) is 31.0 Å². The highest BCUT2D eigenvalue weighted by molar-refractivity contribution is 7.89. The van der Waals surface area contributed by atoms with Crippen molar-refractivity contribution in [2.45, 2.75) is 21.2 Å². The first-order valence-electron chi connectivity index (χ1n) is 12.4. The molecule has 0 aromatic heterocycles. The largest absolute Gasteiger partial charge is 0.363 e. The standard InChI is InChI=1S/2C14H11ClN2O4S/c2*15-11-6-5-8(7-12(11)22(16,20)21)14(19)10-4-2-1-3-9(10)13(18)17-14/h2*1-7,19H,(H,17,18)(H2,16,20,21). The van der Waals surface area contributed by atoms with Crippen molar-refractivity contribution in [1.82, 2.24) is 10.6 Å². The Morgan fingerprint density at radius 2 is 0.932 bits per heavy atom. The lowest BCUT2D eigenvalue weighted by molar-refractivity contribution is 0.0464. The van der Waals surface area contributed by atoms with Crippen molar-refractivity contribution in [3.63, 3.8) is 0 Å². The Balaban J connectivity index is 0.000000175. The number of nitrogens with one attached hydrogen (secondary N) is 2. The lowest BCUT2D eigenvalue weighted by Crippen LogP contribution is -2.40. The average Bonchev–Trinajstić information content (AvgIpc) is 3.38. The molecule has 2 aliphatic heterocycles. The second-order valence-electron chi connectivity index (χ2n) is 9.80. The number of nitrogens with two attached hydrogens (primary N) is 2. The van der Waals surface area contributed by atoms with Crippen LogP contribution in [0.1, 0.15) is 43.0 Å². The highest BCUT2D eigenvalue weighted by Crippen LogP contribution is 2.38. The molecule has 0 saturated heterocycles. The van der Waals surface area contributed by atoms with Crippen molar-refractivity contribution in [3.8, 4) is 0 Å². The highest BCUT2D eigenvalue weighted by Gasteiger charge is 2.44. The summed E-state index contributed by atoms with van der Waals surface area (Å²) >= 11 is 11.7. The monoisotopic (exact) mass is 676 g/mol. The molecule has 8 N–H and O–H groups in total. The number of hydrogen-bond donors (Lipinski definition) is 6. The summed E-state index contributed by atoms with van der Waals surface area (Å²) in [5.41, 5.74) is -2.06. The van der Waals surface area contributed by atoms with Crippen molar-refractivity contribution >= 4 is 55.1 Å². The predicted octanol–water partition coefficient (Wildman–Crippen LogP) is 1.85. The molecule has 2 heterocycles. The molecule has 2 atom stereocenters. The van der Waals surface area contributed by atoms with Crippen molar-refractivity contribution in [1.29, 1.82) is 0 Å². The number of benzene rings is 4. The van der Waals surface area contributed by atoms with E-state index < -0.39 is 43.3 Å². The molecule has 2 aliphatic rings. The third-order valence-electron chi connectivity index (χ3n) is 7.02. The number of aliphatic hydroxyl groups is 2. The lowest BCUT2D eigenvalue weighted by atomic mass is 9.94. The van der Waals surface area contributed by atoms with E-state index in [0.717, 1.165) is 12.1 Å². The molecular formula is C28H22Cl2N4O8S2. The fourth-order valence-corrected chi connectivity index (χ4v) is 7.08. The Labute approximate surface area is 261 Å². The lowest BCUT2D eigenvalue weighted by Gasteiger charge is -2.25. The molecule has 16 heteroatoms. The Kier molecular flexibility index (Phi) is 7.85. The Morgan fingerprint density at radius 3 is 1.27 bits per heavy atom. The second-order valence-corrected chi connectivity index (χ2v) is 13.7. The van der Waals surface area contributed by atoms with Gasteiger partial charge in [-0.05, 0) is 36.4 Å². The molecule has 12 nitrogen and oxygen atoms in total. The molecule has 4 aromatic rings. The van der Waals surface area contributed by atoms with E-state index >= 15 is 0 Å². The molecular weight excluding hydrogens is 655 g/mol. The number of carbonyl (C=O) groups is 2. The molecule has 4 aromatic carbocycles. The summed E-state index contributed by atoms with van der Waals surface area (Å²) < 4.78 is 46.2. The SMILES string of the molecule is NS(=O)(=O)c1cc(C2(O)NC(=O)c3ccccc32)ccc1Cl.NS(=O)(=O)c1cc(C2(O)NC(=O)c3ccccc32)ccc1Cl. The van der Waals surface area contributed by atoms with Gasteiger partial charge in [0.2, 0.25) is 20.0 Å². The van der Waals surface area contributed by atoms with Crippen LogP contribution in [0.4, 0.5) is 0 Å². The maximum absolute atomic E-state index is 12.0. The van der Waals surface area contributed by atoms with Crippen LogP contribution in [0.25, 0.3) is 0 Å². The number of primary sulfonamides is 2. The van der Waals surface area contributed by atoms with Crippen LogP contribution in [-0.2, 0) is 31.5 Å². The molecule has 6 rings (SSSR count). The minimum atomic E-state index is -4.06. The van der Waals surface area contributed by atoms with Gasteiger partial charge in [0.05, 0.1) is 10.0 Å². The van der Waals surface area contributed by atoms with Crippen LogP contribution in [0.15, 0.2) is 94.7 Å². The molecule has 44 heavy (non-hydrogen) atoms. The summed E-state index contributed by atoms with van der Waals surface area (Å²) in [5.74, 6) is -0.907. The minimum absolute atomic E-state index is 0.0625. The van der Waals surface area contributed by atoms with Gasteiger partial charge in [-0.1, -0.05) is 71.7 Å². The van der Waals surface area contributed by atoms with E-state index in [1.807, 2.05) is 0 Å². The van der Waals surface area contributed by atoms with Crippen molar-refractivity contribution in [2.75, 3.05) is 0 Å². The van der Waals surface area contributed by atoms with Crippen LogP contribution in [-0.4, -0.2) is 38.9 Å². The topological polar surface area (TPSA) is 219 Å². The zero-order valence-corrected chi connectivity index (χ0v) is 25.3. The summed E-state index contributed by atoms with van der Waals surface area (Å²) in [4.78, 5) is 23.3. The van der Waals surface area contributed by atoms with Gasteiger partial charge in [-0.25, -0.2) is 27.1 Å². The molecule has 0 radical (unpaired) electrons. The van der Waals surface area contributed by atoms with E-state index in [0.29, 0.717) is 22.3 Å². The maximum Gasteiger partial charge on any atom is 0.254 e. The minimum Gasteiger partial charge on any atom is -0.363 e. The van der Waals surface area contributed by atoms with Gasteiger partial charge in [-0.3, -0.25) is 9.59 Å². The van der Waals surface area contributed by atoms with E-state index in [9.17, 15) is 36.6 Å². The summed E-state index contributed by atoms with van der Waals surface area (Å²) in [6, 6.07) is 20.8. The van der Waals surface area contributed by atoms with Gasteiger partial charge >= 0.3 is 0 Å². The summed E-state index contributed by atoms with van der Waals surface area (Å²) in [6.07, 6.45) is 0. The van der Waals surface area contributed by atoms with Gasteiger partial charge in [0, 0.05) is 33.4 Å². The van der Waals surface area contributed by atoms with Crippen LogP contribution in [0.3, 0.4) is 0 Å². The first kappa shape index (κ1) is 31.6. The number of halogens is 2. The molecule has 228 valence electrons. The summed E-state index contributed by atoms with van der Waals surface area (Å²) in [7, 11) is -8.12. The number of amides is 2. The first-order valence-corrected chi connectivity index (χ1v) is 16.3. The molecule has 0 saturated carbocycles. The second kappa shape index (κ2) is 10.9. The van der Waals surface area contributed by atoms with Gasteiger partial charge in [-0.2, -0.15) is 0 Å². The summed E-state index contributed by atoms with van der Waals surface area (Å²) in [5, 5.41) is 36.7. The summed E-state index contributed by atoms with van der Waals surface area (Å²) in [6.45, 7) is 0. The van der Waals surface area contributed by atoms with Gasteiger partial charge in [-0.15, -0.1) is 0 Å². The average molecular weight is 678 g/mol. The Morgan fingerprint density at radius 1 is 0.591 bits per heavy atom. The van der Waals surface area contributed by atoms with Crippen molar-refractivity contribution < 1.29 is 36.6 Å². The van der Waals surface area contributed by atoms with Crippen LogP contribution < -0.4 is 20.9 Å². The number of hydrogen-bond acceptors (Lipinski definition) is 8. The normalized spacial score (nSPS) is 20.6. The smallest absolute Gasteiger partial charge is 0.254 e. The van der Waals surface area contributed by atoms with Gasteiger partial charge in [0.1, 0.15) is 9.79 Å². The molecule has 2 unspecified atom stereocenters. The molecule has 0 aliphatic carbocycles. The number of carbonyl (C=O) groups excluding carboxylic acids is 2. The van der Waals surface area contributed by atoms with Gasteiger partial charge in [0.25, 0.3) is 11.8 Å². The van der Waals surface area contributed by atoms with Crippen LogP contribution in [0, 0.1) is 0 Å². The zero-order valence-electron chi connectivity index (χ0n) is 22.2. The van der Waals surface area contributed by atoms with E-state index in [1.54, 1.807) is 48.5 Å². The first-order chi connectivity index (χ1) is 20.5. The third kappa shape index (κ3) is 5.46. The molecule has 2 amide bonds. The number of rotatable bonds is 4. The van der Waals surface area contributed by atoms with Gasteiger partial charge < -0.3 is 20.8 Å². The maximum atomic E-state index is 12.0. The molecule has 0 spiro atoms. The Bertz CT molecular complexity index is 1940. The van der Waals surface area contributed by atoms with Gasteiger partial charge in [0.15, 0.2) is 11.4 Å². The fourth-order valence-electron chi connectivity index (χ4n) is 4.94. The van der Waals surface area contributed by atoms with Crippen LogP contribution in [0.5, 0.6) is 0 Å². The van der Waals surface area contributed by atoms with Crippen LogP contribution >= 0.6 is 23.2 Å². The predicted molar refractivity (Wildman–Crippen MR) is 159 cm³/mol.